The van der Waals surface area contributed by atoms with E-state index in [0.717, 1.165) is 12.8 Å². The van der Waals surface area contributed by atoms with E-state index in [-0.39, 0.29) is 11.5 Å². The second-order valence-corrected chi connectivity index (χ2v) is 5.85. The predicted molar refractivity (Wildman–Crippen MR) is 76.6 cm³/mol. The lowest BCUT2D eigenvalue weighted by atomic mass is 9.90. The highest BCUT2D eigenvalue weighted by Crippen LogP contribution is 2.57. The number of hydrogen-bond acceptors (Lipinski definition) is 2. The summed E-state index contributed by atoms with van der Waals surface area (Å²) in [5.74, 6) is 0. The van der Waals surface area contributed by atoms with Gasteiger partial charge < -0.3 is 9.47 Å². The lowest BCUT2D eigenvalue weighted by Crippen LogP contribution is -2.27. The van der Waals surface area contributed by atoms with Gasteiger partial charge in [-0.15, -0.1) is 0 Å². The Hall–Kier alpha value is -1.79. The molecule has 1 aliphatic carbocycles. The van der Waals surface area contributed by atoms with Crippen LogP contribution < -0.4 is 0 Å². The molecule has 1 saturated carbocycles. The molecule has 98 valence electrons. The number of hydrogen-bond donors (Lipinski definition) is 0. The fourth-order valence-electron chi connectivity index (χ4n) is 3.24. The molecule has 0 saturated heterocycles. The average Bonchev–Trinajstić information content (AvgIpc) is 3.11. The molecule has 0 spiro atoms. The summed E-state index contributed by atoms with van der Waals surface area (Å²) in [6.07, 6.45) is 4.21. The van der Waals surface area contributed by atoms with Crippen LogP contribution in [0.5, 0.6) is 0 Å². The number of benzene rings is 1. The second kappa shape index (κ2) is 4.11. The Labute approximate surface area is 114 Å². The normalized spacial score (nSPS) is 18.5. The Bertz CT molecular complexity index is 656. The Kier molecular flexibility index (Phi) is 2.65. The van der Waals surface area contributed by atoms with E-state index in [2.05, 4.69) is 67.1 Å². The summed E-state index contributed by atoms with van der Waals surface area (Å²) >= 11 is 0. The molecule has 0 bridgehead atoms. The highest BCUT2D eigenvalue weighted by Gasteiger charge is 2.52. The summed E-state index contributed by atoms with van der Waals surface area (Å²) in [5.41, 5.74) is 2.33. The fourth-order valence-corrected chi connectivity index (χ4v) is 3.24. The maximum absolute atomic E-state index is 9.53. The van der Waals surface area contributed by atoms with Gasteiger partial charge in [-0.05, 0) is 38.6 Å². The molecule has 1 fully saturated rings. The van der Waals surface area contributed by atoms with Gasteiger partial charge in [-0.1, -0.05) is 18.2 Å². The van der Waals surface area contributed by atoms with Crippen molar-refractivity contribution in [1.29, 1.82) is 5.26 Å². The minimum Gasteiger partial charge on any atom is -0.350 e. The molecule has 2 aromatic rings. The molecule has 1 aromatic heterocycles. The van der Waals surface area contributed by atoms with Crippen LogP contribution in [0.25, 0.3) is 10.9 Å². The van der Waals surface area contributed by atoms with E-state index in [0.29, 0.717) is 0 Å². The molecule has 0 amide bonds. The molecule has 19 heavy (non-hydrogen) atoms. The maximum Gasteiger partial charge on any atom is 0.0772 e. The van der Waals surface area contributed by atoms with Gasteiger partial charge in [0.25, 0.3) is 0 Å². The average molecular weight is 253 g/mol. The second-order valence-electron chi connectivity index (χ2n) is 5.85. The highest BCUT2D eigenvalue weighted by molar-refractivity contribution is 5.84. The number of nitrogens with zero attached hydrogens (tertiary/aromatic N) is 3. The van der Waals surface area contributed by atoms with Crippen molar-refractivity contribution in [3.63, 3.8) is 0 Å². The first-order valence-corrected chi connectivity index (χ1v) is 6.71. The summed E-state index contributed by atoms with van der Waals surface area (Å²) in [6.45, 7) is 0. The van der Waals surface area contributed by atoms with Crippen LogP contribution in [0.1, 0.15) is 24.4 Å². The van der Waals surface area contributed by atoms with Crippen LogP contribution in [0.3, 0.4) is 0 Å². The van der Waals surface area contributed by atoms with Gasteiger partial charge in [-0.2, -0.15) is 5.26 Å². The Balaban J connectivity index is 2.20. The smallest absolute Gasteiger partial charge is 0.0772 e. The van der Waals surface area contributed by atoms with Crippen molar-refractivity contribution in [1.82, 2.24) is 9.47 Å². The summed E-state index contributed by atoms with van der Waals surface area (Å²) < 4.78 is 2.16. The van der Waals surface area contributed by atoms with Crippen LogP contribution in [-0.2, 0) is 7.05 Å². The molecule has 3 rings (SSSR count). The van der Waals surface area contributed by atoms with Crippen LogP contribution in [-0.4, -0.2) is 23.6 Å². The molecule has 1 unspecified atom stereocenters. The van der Waals surface area contributed by atoms with Crippen molar-refractivity contribution in [3.8, 4) is 6.07 Å². The first-order valence-electron chi connectivity index (χ1n) is 6.71. The third-order valence-electron chi connectivity index (χ3n) is 4.27. The van der Waals surface area contributed by atoms with E-state index in [4.69, 9.17) is 0 Å². The summed E-state index contributed by atoms with van der Waals surface area (Å²) in [5, 5.41) is 10.8. The molecular formula is C16H19N3. The first kappa shape index (κ1) is 12.3. The van der Waals surface area contributed by atoms with E-state index in [9.17, 15) is 5.26 Å². The van der Waals surface area contributed by atoms with Crippen molar-refractivity contribution in [2.75, 3.05) is 14.1 Å². The number of fused-ring (bicyclic) bond motifs is 1. The molecule has 0 aliphatic heterocycles. The van der Waals surface area contributed by atoms with Crippen molar-refractivity contribution in [3.05, 3.63) is 36.0 Å². The van der Waals surface area contributed by atoms with Crippen LogP contribution in [0.15, 0.2) is 30.5 Å². The number of nitriles is 1. The Morgan fingerprint density at radius 1 is 1.32 bits per heavy atom. The number of para-hydroxylation sites is 1. The number of aryl methyl sites for hydroxylation is 1. The highest BCUT2D eigenvalue weighted by atomic mass is 15.1. The molecule has 1 heterocycles. The molecule has 1 aliphatic rings. The van der Waals surface area contributed by atoms with E-state index in [1.54, 1.807) is 0 Å². The third kappa shape index (κ3) is 1.75. The van der Waals surface area contributed by atoms with Gasteiger partial charge in [0.1, 0.15) is 0 Å². The van der Waals surface area contributed by atoms with Crippen molar-refractivity contribution < 1.29 is 0 Å². The van der Waals surface area contributed by atoms with Gasteiger partial charge in [0.2, 0.25) is 0 Å². The summed E-state index contributed by atoms with van der Waals surface area (Å²) in [4.78, 5) is 2.19. The topological polar surface area (TPSA) is 32.0 Å². The van der Waals surface area contributed by atoms with Crippen molar-refractivity contribution in [2.45, 2.75) is 18.9 Å². The van der Waals surface area contributed by atoms with Crippen LogP contribution in [0.2, 0.25) is 0 Å². The SMILES string of the molecule is CN(C)C(c1cn(C)c2ccccc12)C1(C#N)CC1. The molecule has 1 aromatic carbocycles. The first-order chi connectivity index (χ1) is 9.09. The van der Waals surface area contributed by atoms with Crippen LogP contribution >= 0.6 is 0 Å². The lowest BCUT2D eigenvalue weighted by molar-refractivity contribution is 0.233. The van der Waals surface area contributed by atoms with Gasteiger partial charge in [-0.3, -0.25) is 0 Å². The molecule has 1 atom stereocenters. The maximum atomic E-state index is 9.53. The quantitative estimate of drug-likeness (QED) is 0.842. The third-order valence-corrected chi connectivity index (χ3v) is 4.27. The van der Waals surface area contributed by atoms with E-state index in [1.807, 2.05) is 0 Å². The zero-order chi connectivity index (χ0) is 13.6. The van der Waals surface area contributed by atoms with Crippen molar-refractivity contribution >= 4 is 10.9 Å². The summed E-state index contributed by atoms with van der Waals surface area (Å²) in [6, 6.07) is 11.2. The predicted octanol–water partition coefficient (Wildman–Crippen LogP) is 3.08. The largest absolute Gasteiger partial charge is 0.350 e. The summed E-state index contributed by atoms with van der Waals surface area (Å²) in [7, 11) is 6.22. The van der Waals surface area contributed by atoms with E-state index >= 15 is 0 Å². The van der Waals surface area contributed by atoms with E-state index in [1.165, 1.54) is 16.5 Å². The molecule has 3 heteroatoms. The zero-order valence-corrected chi connectivity index (χ0v) is 11.7. The van der Waals surface area contributed by atoms with Gasteiger partial charge in [-0.25, -0.2) is 0 Å². The zero-order valence-electron chi connectivity index (χ0n) is 11.7. The van der Waals surface area contributed by atoms with E-state index < -0.39 is 0 Å². The van der Waals surface area contributed by atoms with Gasteiger partial charge in [0.15, 0.2) is 0 Å². The number of aromatic nitrogens is 1. The Morgan fingerprint density at radius 3 is 2.58 bits per heavy atom. The van der Waals surface area contributed by atoms with Gasteiger partial charge in [0.05, 0.1) is 17.5 Å². The Morgan fingerprint density at radius 2 is 2.00 bits per heavy atom. The number of rotatable bonds is 3. The lowest BCUT2D eigenvalue weighted by Gasteiger charge is -2.28. The van der Waals surface area contributed by atoms with Crippen LogP contribution in [0.4, 0.5) is 0 Å². The van der Waals surface area contributed by atoms with Crippen molar-refractivity contribution in [2.24, 2.45) is 12.5 Å². The van der Waals surface area contributed by atoms with Crippen LogP contribution in [0, 0.1) is 16.7 Å². The molecule has 0 N–H and O–H groups in total. The molecule has 0 radical (unpaired) electrons. The molecular weight excluding hydrogens is 234 g/mol. The van der Waals surface area contributed by atoms with Gasteiger partial charge in [0, 0.05) is 24.1 Å². The monoisotopic (exact) mass is 253 g/mol. The van der Waals surface area contributed by atoms with Gasteiger partial charge >= 0.3 is 0 Å². The standard InChI is InChI=1S/C16H19N3/c1-18(2)15(16(11-17)8-9-16)13-10-19(3)14-7-5-4-6-12(13)14/h4-7,10,15H,8-9H2,1-3H3. The fraction of sp³-hybridized carbons (Fsp3) is 0.438. The minimum atomic E-state index is -0.187. The minimum absolute atomic E-state index is 0.184. The molecule has 3 nitrogen and oxygen atoms in total.